The van der Waals surface area contributed by atoms with Crippen LogP contribution in [0.3, 0.4) is 0 Å². The Balaban J connectivity index is 0.00000208. The van der Waals surface area contributed by atoms with Crippen molar-refractivity contribution >= 4 is 5.91 Å². The SMILES string of the molecule is CC(=O)N[C@H]1CCC2(CCN(CC(C)C)CC2)c2ccccc21.[HH]. The Morgan fingerprint density at radius 2 is 2.00 bits per heavy atom. The fourth-order valence-corrected chi connectivity index (χ4v) is 4.59. The molecule has 3 nitrogen and oxygen atoms in total. The lowest BCUT2D eigenvalue weighted by Gasteiger charge is -2.47. The molecular weight excluding hydrogens is 284 g/mol. The molecule has 128 valence electrons. The largest absolute Gasteiger partial charge is 0.350 e. The van der Waals surface area contributed by atoms with Gasteiger partial charge in [-0.1, -0.05) is 38.1 Å². The molecule has 3 rings (SSSR count). The van der Waals surface area contributed by atoms with Gasteiger partial charge >= 0.3 is 0 Å². The number of piperidine rings is 1. The molecule has 1 aromatic rings. The maximum absolute atomic E-state index is 11.5. The quantitative estimate of drug-likeness (QED) is 0.917. The van der Waals surface area contributed by atoms with Crippen LogP contribution < -0.4 is 5.32 Å². The second kappa shape index (κ2) is 6.64. The van der Waals surface area contributed by atoms with Gasteiger partial charge in [-0.3, -0.25) is 4.79 Å². The predicted molar refractivity (Wildman–Crippen MR) is 96.5 cm³/mol. The van der Waals surface area contributed by atoms with Crippen LogP contribution in [-0.4, -0.2) is 30.4 Å². The number of amides is 1. The van der Waals surface area contributed by atoms with Gasteiger partial charge < -0.3 is 10.2 Å². The van der Waals surface area contributed by atoms with Crippen LogP contribution in [0.1, 0.15) is 65.0 Å². The molecule has 1 aliphatic heterocycles. The van der Waals surface area contributed by atoms with E-state index in [1.165, 1.54) is 50.0 Å². The lowest BCUT2D eigenvalue weighted by atomic mass is 9.63. The Morgan fingerprint density at radius 3 is 2.65 bits per heavy atom. The lowest BCUT2D eigenvalue weighted by Crippen LogP contribution is -2.46. The van der Waals surface area contributed by atoms with E-state index in [1.54, 1.807) is 6.92 Å². The number of benzene rings is 1. The van der Waals surface area contributed by atoms with Gasteiger partial charge in [-0.25, -0.2) is 0 Å². The van der Waals surface area contributed by atoms with E-state index < -0.39 is 0 Å². The van der Waals surface area contributed by atoms with Crippen molar-refractivity contribution in [2.24, 2.45) is 5.92 Å². The highest BCUT2D eigenvalue weighted by Crippen LogP contribution is 2.47. The van der Waals surface area contributed by atoms with E-state index in [4.69, 9.17) is 0 Å². The van der Waals surface area contributed by atoms with Gasteiger partial charge in [0.1, 0.15) is 0 Å². The number of hydrogen-bond acceptors (Lipinski definition) is 2. The molecule has 0 unspecified atom stereocenters. The second-order valence-corrected chi connectivity index (χ2v) is 7.85. The zero-order valence-electron chi connectivity index (χ0n) is 14.8. The highest BCUT2D eigenvalue weighted by Gasteiger charge is 2.41. The maximum Gasteiger partial charge on any atom is 0.217 e. The normalized spacial score (nSPS) is 23.7. The Morgan fingerprint density at radius 1 is 1.30 bits per heavy atom. The molecule has 1 amide bonds. The summed E-state index contributed by atoms with van der Waals surface area (Å²) in [5, 5.41) is 3.15. The van der Waals surface area contributed by atoms with Gasteiger partial charge in [0, 0.05) is 14.9 Å². The molecule has 0 bridgehead atoms. The summed E-state index contributed by atoms with van der Waals surface area (Å²) in [6.45, 7) is 9.86. The van der Waals surface area contributed by atoms with Crippen LogP contribution >= 0.6 is 0 Å². The standard InChI is InChI=1S/C20H30N2O.H2/c1-15(2)14-22-12-10-20(11-13-22)9-8-19(21-16(3)23)17-6-4-5-7-18(17)20;/h4-7,15,19H,8-14H2,1-3H3,(H,21,23);1H/t19-;/m0./s1. The molecule has 0 aromatic heterocycles. The summed E-state index contributed by atoms with van der Waals surface area (Å²) in [5.74, 6) is 0.819. The first-order chi connectivity index (χ1) is 11.0. The van der Waals surface area contributed by atoms with Gasteiger partial charge in [-0.05, 0) is 61.2 Å². The Labute approximate surface area is 141 Å². The monoisotopic (exact) mass is 316 g/mol. The molecule has 1 fully saturated rings. The third-order valence-electron chi connectivity index (χ3n) is 5.63. The van der Waals surface area contributed by atoms with Gasteiger partial charge in [-0.2, -0.15) is 0 Å². The number of rotatable bonds is 3. The van der Waals surface area contributed by atoms with Crippen LogP contribution in [0.25, 0.3) is 0 Å². The van der Waals surface area contributed by atoms with E-state index in [1.807, 2.05) is 0 Å². The number of nitrogens with one attached hydrogen (secondary N) is 1. The molecule has 1 N–H and O–H groups in total. The van der Waals surface area contributed by atoms with Crippen molar-refractivity contribution in [1.82, 2.24) is 10.2 Å². The molecule has 3 heteroatoms. The van der Waals surface area contributed by atoms with Gasteiger partial charge in [-0.15, -0.1) is 0 Å². The summed E-state index contributed by atoms with van der Waals surface area (Å²) in [4.78, 5) is 14.1. The summed E-state index contributed by atoms with van der Waals surface area (Å²) in [7, 11) is 0. The minimum absolute atomic E-state index is 0. The van der Waals surface area contributed by atoms with E-state index >= 15 is 0 Å². The first kappa shape index (κ1) is 16.5. The van der Waals surface area contributed by atoms with Crippen LogP contribution in [0.15, 0.2) is 24.3 Å². The molecular formula is C20H32N2O. The maximum atomic E-state index is 11.5. The molecule has 1 aromatic carbocycles. The van der Waals surface area contributed by atoms with Crippen molar-refractivity contribution in [2.45, 2.75) is 57.9 Å². The van der Waals surface area contributed by atoms with E-state index in [2.05, 4.69) is 48.3 Å². The molecule has 23 heavy (non-hydrogen) atoms. The highest BCUT2D eigenvalue weighted by atomic mass is 16.1. The molecule has 0 saturated carbocycles. The fraction of sp³-hybridized carbons (Fsp3) is 0.650. The summed E-state index contributed by atoms with van der Waals surface area (Å²) in [6.07, 6.45) is 4.78. The third kappa shape index (κ3) is 3.45. The van der Waals surface area contributed by atoms with Crippen molar-refractivity contribution < 1.29 is 6.22 Å². The fourth-order valence-electron chi connectivity index (χ4n) is 4.59. The summed E-state index contributed by atoms with van der Waals surface area (Å²) >= 11 is 0. The molecule has 2 aliphatic rings. The van der Waals surface area contributed by atoms with E-state index in [0.29, 0.717) is 5.41 Å². The molecule has 0 radical (unpaired) electrons. The smallest absolute Gasteiger partial charge is 0.217 e. The minimum atomic E-state index is 0. The van der Waals surface area contributed by atoms with Crippen molar-refractivity contribution in [2.75, 3.05) is 19.6 Å². The number of carbonyl (C=O) groups is 1. The van der Waals surface area contributed by atoms with Crippen LogP contribution in [0.5, 0.6) is 0 Å². The summed E-state index contributed by atoms with van der Waals surface area (Å²) < 4.78 is 0. The second-order valence-electron chi connectivity index (χ2n) is 7.85. The van der Waals surface area contributed by atoms with Gasteiger partial charge in [0.2, 0.25) is 5.91 Å². The lowest BCUT2D eigenvalue weighted by molar-refractivity contribution is -0.119. The first-order valence-corrected chi connectivity index (χ1v) is 9.09. The van der Waals surface area contributed by atoms with E-state index in [9.17, 15) is 4.79 Å². The number of nitrogens with zero attached hydrogens (tertiary/aromatic N) is 1. The predicted octanol–water partition coefficient (Wildman–Crippen LogP) is 3.89. The van der Waals surface area contributed by atoms with Crippen LogP contribution in [-0.2, 0) is 10.2 Å². The van der Waals surface area contributed by atoms with Crippen LogP contribution in [0, 0.1) is 5.92 Å². The Bertz CT molecular complexity index is 565. The minimum Gasteiger partial charge on any atom is -0.350 e. The summed E-state index contributed by atoms with van der Waals surface area (Å²) in [6, 6.07) is 9.00. The third-order valence-corrected chi connectivity index (χ3v) is 5.63. The number of fused-ring (bicyclic) bond motifs is 2. The molecule has 1 aliphatic carbocycles. The van der Waals surface area contributed by atoms with E-state index in [0.717, 1.165) is 12.3 Å². The van der Waals surface area contributed by atoms with Crippen molar-refractivity contribution in [3.05, 3.63) is 35.4 Å². The average Bonchev–Trinajstić information content (AvgIpc) is 2.52. The zero-order chi connectivity index (χ0) is 16.4. The Kier molecular flexibility index (Phi) is 4.77. The van der Waals surface area contributed by atoms with Crippen LogP contribution in [0.4, 0.5) is 0 Å². The Hall–Kier alpha value is -1.35. The number of hydrogen-bond donors (Lipinski definition) is 1. The van der Waals surface area contributed by atoms with Gasteiger partial charge in [0.25, 0.3) is 0 Å². The first-order valence-electron chi connectivity index (χ1n) is 9.09. The topological polar surface area (TPSA) is 32.3 Å². The van der Waals surface area contributed by atoms with Gasteiger partial charge in [0.15, 0.2) is 0 Å². The molecule has 1 atom stereocenters. The van der Waals surface area contributed by atoms with Crippen LogP contribution in [0.2, 0.25) is 0 Å². The molecule has 1 saturated heterocycles. The number of carbonyl (C=O) groups excluding carboxylic acids is 1. The molecule has 1 spiro atoms. The van der Waals surface area contributed by atoms with Crippen molar-refractivity contribution in [3.8, 4) is 0 Å². The zero-order valence-corrected chi connectivity index (χ0v) is 14.8. The van der Waals surface area contributed by atoms with Crippen molar-refractivity contribution in [1.29, 1.82) is 0 Å². The average molecular weight is 316 g/mol. The number of likely N-dealkylation sites (tertiary alicyclic amines) is 1. The summed E-state index contributed by atoms with van der Waals surface area (Å²) in [5.41, 5.74) is 3.18. The van der Waals surface area contributed by atoms with Gasteiger partial charge in [0.05, 0.1) is 6.04 Å². The van der Waals surface area contributed by atoms with E-state index in [-0.39, 0.29) is 13.4 Å². The highest BCUT2D eigenvalue weighted by molar-refractivity contribution is 5.73. The molecule has 1 heterocycles. The van der Waals surface area contributed by atoms with Crippen molar-refractivity contribution in [3.63, 3.8) is 0 Å².